The Labute approximate surface area is 110 Å². The lowest BCUT2D eigenvalue weighted by atomic mass is 9.75. The summed E-state index contributed by atoms with van der Waals surface area (Å²) < 4.78 is 27.8. The van der Waals surface area contributed by atoms with E-state index < -0.39 is 17.4 Å². The molecular weight excluding hydrogens is 252 g/mol. The predicted molar refractivity (Wildman–Crippen MR) is 68.3 cm³/mol. The summed E-state index contributed by atoms with van der Waals surface area (Å²) in [4.78, 5) is 11.7. The summed E-state index contributed by atoms with van der Waals surface area (Å²) in [5, 5.41) is 11.9. The second-order valence-electron chi connectivity index (χ2n) is 5.23. The van der Waals surface area contributed by atoms with Crippen molar-refractivity contribution >= 4 is 11.6 Å². The molecule has 5 heteroatoms. The topological polar surface area (TPSA) is 49.3 Å². The highest BCUT2D eigenvalue weighted by molar-refractivity contribution is 5.97. The Bertz CT molecular complexity index is 510. The number of hydrogen-bond acceptors (Lipinski definition) is 2. The molecule has 3 nitrogen and oxygen atoms in total. The molecule has 1 aliphatic carbocycles. The van der Waals surface area contributed by atoms with E-state index in [-0.39, 0.29) is 12.8 Å². The molecule has 1 aromatic carbocycles. The first-order valence-electron chi connectivity index (χ1n) is 6.25. The SMILES string of the molecule is Cc1ccc(NC(=O)C(F)(F)C2(O)CCC2)c(C)c1. The van der Waals surface area contributed by atoms with Crippen molar-refractivity contribution in [1.29, 1.82) is 0 Å². The van der Waals surface area contributed by atoms with Gasteiger partial charge in [0, 0.05) is 5.69 Å². The number of nitrogens with one attached hydrogen (secondary N) is 1. The molecule has 0 heterocycles. The maximum absolute atomic E-state index is 13.9. The molecule has 2 rings (SSSR count). The third-order valence-electron chi connectivity index (χ3n) is 3.68. The summed E-state index contributed by atoms with van der Waals surface area (Å²) in [5.74, 6) is -5.20. The second kappa shape index (κ2) is 4.56. The lowest BCUT2D eigenvalue weighted by molar-refractivity contribution is -0.212. The van der Waals surface area contributed by atoms with Crippen molar-refractivity contribution in [3.8, 4) is 0 Å². The van der Waals surface area contributed by atoms with E-state index in [4.69, 9.17) is 0 Å². The van der Waals surface area contributed by atoms with Crippen LogP contribution in [0.25, 0.3) is 0 Å². The molecule has 1 amide bonds. The summed E-state index contributed by atoms with van der Waals surface area (Å²) >= 11 is 0. The van der Waals surface area contributed by atoms with Crippen LogP contribution in [0.5, 0.6) is 0 Å². The van der Waals surface area contributed by atoms with Gasteiger partial charge in [0.2, 0.25) is 0 Å². The normalized spacial score (nSPS) is 17.7. The molecule has 0 spiro atoms. The van der Waals surface area contributed by atoms with E-state index in [1.165, 1.54) is 0 Å². The fourth-order valence-corrected chi connectivity index (χ4v) is 2.19. The highest BCUT2D eigenvalue weighted by atomic mass is 19.3. The Balaban J connectivity index is 2.16. The van der Waals surface area contributed by atoms with Gasteiger partial charge in [-0.2, -0.15) is 8.78 Å². The summed E-state index contributed by atoms with van der Waals surface area (Å²) in [7, 11) is 0. The molecule has 0 atom stereocenters. The lowest BCUT2D eigenvalue weighted by Crippen LogP contribution is -2.59. The van der Waals surface area contributed by atoms with E-state index in [2.05, 4.69) is 5.32 Å². The van der Waals surface area contributed by atoms with Crippen LogP contribution in [0.4, 0.5) is 14.5 Å². The third-order valence-corrected chi connectivity index (χ3v) is 3.68. The Morgan fingerprint density at radius 1 is 1.37 bits per heavy atom. The molecule has 1 fully saturated rings. The van der Waals surface area contributed by atoms with Gasteiger partial charge in [0.1, 0.15) is 5.60 Å². The van der Waals surface area contributed by atoms with Crippen LogP contribution in [0.1, 0.15) is 30.4 Å². The number of alkyl halides is 2. The zero-order valence-electron chi connectivity index (χ0n) is 11.0. The minimum absolute atomic E-state index is 0.0414. The van der Waals surface area contributed by atoms with Gasteiger partial charge in [0.25, 0.3) is 5.91 Å². The third kappa shape index (κ3) is 2.34. The van der Waals surface area contributed by atoms with Crippen LogP contribution in [-0.4, -0.2) is 22.5 Å². The number of carbonyl (C=O) groups excluding carboxylic acids is 1. The van der Waals surface area contributed by atoms with Crippen molar-refractivity contribution in [3.63, 3.8) is 0 Å². The standard InChI is InChI=1S/C14H17F2NO2/c1-9-4-5-11(10(2)8-9)17-12(18)14(15,16)13(19)6-3-7-13/h4-5,8,19H,3,6-7H2,1-2H3,(H,17,18). The van der Waals surface area contributed by atoms with Crippen molar-refractivity contribution in [2.24, 2.45) is 0 Å². The quantitative estimate of drug-likeness (QED) is 0.886. The van der Waals surface area contributed by atoms with E-state index in [0.717, 1.165) is 5.56 Å². The molecule has 19 heavy (non-hydrogen) atoms. The fraction of sp³-hybridized carbons (Fsp3) is 0.500. The first-order valence-corrected chi connectivity index (χ1v) is 6.25. The number of rotatable bonds is 3. The predicted octanol–water partition coefficient (Wildman–Crippen LogP) is 2.79. The molecule has 0 saturated heterocycles. The highest BCUT2D eigenvalue weighted by Gasteiger charge is 2.61. The zero-order chi connectivity index (χ0) is 14.3. The summed E-state index contributed by atoms with van der Waals surface area (Å²) in [5.41, 5.74) is -0.141. The average Bonchev–Trinajstić information content (AvgIpc) is 2.29. The minimum atomic E-state index is -3.76. The van der Waals surface area contributed by atoms with Crippen molar-refractivity contribution in [3.05, 3.63) is 29.3 Å². The van der Waals surface area contributed by atoms with Crippen LogP contribution in [0, 0.1) is 13.8 Å². The summed E-state index contributed by atoms with van der Waals surface area (Å²) in [6, 6.07) is 5.12. The molecule has 2 N–H and O–H groups in total. The Morgan fingerprint density at radius 3 is 2.47 bits per heavy atom. The fourth-order valence-electron chi connectivity index (χ4n) is 2.19. The maximum atomic E-state index is 13.9. The van der Waals surface area contributed by atoms with E-state index in [1.807, 2.05) is 6.92 Å². The maximum Gasteiger partial charge on any atom is 0.352 e. The molecule has 0 radical (unpaired) electrons. The van der Waals surface area contributed by atoms with Gasteiger partial charge in [-0.15, -0.1) is 0 Å². The van der Waals surface area contributed by atoms with Gasteiger partial charge in [-0.1, -0.05) is 17.7 Å². The molecule has 1 saturated carbocycles. The van der Waals surface area contributed by atoms with Crippen molar-refractivity contribution < 1.29 is 18.7 Å². The molecular formula is C14H17F2NO2. The van der Waals surface area contributed by atoms with Gasteiger partial charge in [-0.25, -0.2) is 0 Å². The molecule has 104 valence electrons. The van der Waals surface area contributed by atoms with E-state index >= 15 is 0 Å². The highest BCUT2D eigenvalue weighted by Crippen LogP contribution is 2.44. The largest absolute Gasteiger partial charge is 0.383 e. The zero-order valence-corrected chi connectivity index (χ0v) is 11.0. The molecule has 0 aromatic heterocycles. The van der Waals surface area contributed by atoms with Crippen LogP contribution in [-0.2, 0) is 4.79 Å². The smallest absolute Gasteiger partial charge is 0.352 e. The second-order valence-corrected chi connectivity index (χ2v) is 5.23. The van der Waals surface area contributed by atoms with Crippen molar-refractivity contribution in [1.82, 2.24) is 0 Å². The Hall–Kier alpha value is -1.49. The summed E-state index contributed by atoms with van der Waals surface area (Å²) in [6.07, 6.45) is 0.434. The van der Waals surface area contributed by atoms with E-state index in [9.17, 15) is 18.7 Å². The number of aryl methyl sites for hydroxylation is 2. The number of amides is 1. The first-order chi connectivity index (χ1) is 8.76. The number of hydrogen-bond donors (Lipinski definition) is 2. The van der Waals surface area contributed by atoms with Gasteiger partial charge >= 0.3 is 5.92 Å². The van der Waals surface area contributed by atoms with Crippen LogP contribution in [0.15, 0.2) is 18.2 Å². The van der Waals surface area contributed by atoms with Crippen LogP contribution in [0.2, 0.25) is 0 Å². The lowest BCUT2D eigenvalue weighted by Gasteiger charge is -2.41. The van der Waals surface area contributed by atoms with Gasteiger partial charge < -0.3 is 10.4 Å². The van der Waals surface area contributed by atoms with Crippen LogP contribution >= 0.6 is 0 Å². The Morgan fingerprint density at radius 2 is 2.00 bits per heavy atom. The number of aliphatic hydroxyl groups is 1. The minimum Gasteiger partial charge on any atom is -0.383 e. The van der Waals surface area contributed by atoms with E-state index in [0.29, 0.717) is 17.7 Å². The molecule has 0 aliphatic heterocycles. The number of carbonyl (C=O) groups is 1. The van der Waals surface area contributed by atoms with Crippen LogP contribution < -0.4 is 5.32 Å². The summed E-state index contributed by atoms with van der Waals surface area (Å²) in [6.45, 7) is 3.61. The van der Waals surface area contributed by atoms with Crippen LogP contribution in [0.3, 0.4) is 0 Å². The average molecular weight is 269 g/mol. The Kier molecular flexibility index (Phi) is 3.34. The molecule has 1 aromatic rings. The van der Waals surface area contributed by atoms with Gasteiger partial charge in [-0.3, -0.25) is 4.79 Å². The molecule has 0 unspecified atom stereocenters. The van der Waals surface area contributed by atoms with Gasteiger partial charge in [0.05, 0.1) is 0 Å². The van der Waals surface area contributed by atoms with E-state index in [1.54, 1.807) is 25.1 Å². The first kappa shape index (κ1) is 13.9. The van der Waals surface area contributed by atoms with Crippen molar-refractivity contribution in [2.45, 2.75) is 44.6 Å². The van der Waals surface area contributed by atoms with Gasteiger partial charge in [0.15, 0.2) is 0 Å². The van der Waals surface area contributed by atoms with Crippen molar-refractivity contribution in [2.75, 3.05) is 5.32 Å². The van der Waals surface area contributed by atoms with Gasteiger partial charge in [-0.05, 0) is 44.7 Å². The monoisotopic (exact) mass is 269 g/mol. The number of anilines is 1. The number of halogens is 2. The molecule has 0 bridgehead atoms. The molecule has 1 aliphatic rings. The number of benzene rings is 1.